The van der Waals surface area contributed by atoms with E-state index in [0.717, 1.165) is 6.07 Å². The van der Waals surface area contributed by atoms with Gasteiger partial charge in [-0.3, -0.25) is 9.78 Å². The number of pyridine rings is 1. The number of halogens is 3. The van der Waals surface area contributed by atoms with Crippen molar-refractivity contribution in [3.8, 4) is 11.3 Å². The van der Waals surface area contributed by atoms with Gasteiger partial charge in [0.25, 0.3) is 5.91 Å². The summed E-state index contributed by atoms with van der Waals surface area (Å²) in [5.74, 6) is -1.36. The number of aliphatic hydroxyl groups is 2. The first kappa shape index (κ1) is 25.1. The minimum absolute atomic E-state index is 0.0515. The molecule has 2 aromatic heterocycles. The van der Waals surface area contributed by atoms with Gasteiger partial charge in [0.15, 0.2) is 0 Å². The molecule has 180 valence electrons. The smallest absolute Gasteiger partial charge is 0.251 e. The largest absolute Gasteiger partial charge is 0.394 e. The van der Waals surface area contributed by atoms with Crippen molar-refractivity contribution < 1.29 is 28.2 Å². The normalized spacial score (nSPS) is 12.7. The molecule has 0 aliphatic carbocycles. The van der Waals surface area contributed by atoms with Crippen LogP contribution in [0.1, 0.15) is 22.5 Å². The van der Waals surface area contributed by atoms with Crippen molar-refractivity contribution in [3.05, 3.63) is 71.6 Å². The Morgan fingerprint density at radius 1 is 1.09 bits per heavy atom. The molecule has 4 N–H and O–H groups in total. The number of aromatic nitrogens is 3. The number of hydrogen-bond acceptors (Lipinski definition) is 7. The number of amides is 1. The molecular weight excluding hydrogens is 451 g/mol. The van der Waals surface area contributed by atoms with E-state index in [1.807, 2.05) is 0 Å². The van der Waals surface area contributed by atoms with E-state index in [-0.39, 0.29) is 48.4 Å². The maximum absolute atomic E-state index is 14.3. The number of anilines is 1. The maximum Gasteiger partial charge on any atom is 0.251 e. The van der Waals surface area contributed by atoms with Gasteiger partial charge in [-0.25, -0.2) is 13.2 Å². The average Bonchev–Trinajstić information content (AvgIpc) is 2.84. The van der Waals surface area contributed by atoms with E-state index in [0.29, 0.717) is 5.82 Å². The third-order valence-corrected chi connectivity index (χ3v) is 4.89. The first-order valence-electron chi connectivity index (χ1n) is 10.6. The molecule has 3 aromatic rings. The number of carbonyl (C=O) groups excluding carboxylic acids is 1. The Morgan fingerprint density at radius 3 is 2.62 bits per heavy atom. The lowest BCUT2D eigenvalue weighted by molar-refractivity contribution is 0.0802. The Balaban J connectivity index is 1.56. The lowest BCUT2D eigenvalue weighted by Gasteiger charge is -2.11. The topological polar surface area (TPSA) is 120 Å². The van der Waals surface area contributed by atoms with Crippen LogP contribution in [0.4, 0.5) is 19.0 Å². The molecule has 2 atom stereocenters. The van der Waals surface area contributed by atoms with Gasteiger partial charge >= 0.3 is 0 Å². The molecule has 0 saturated carbocycles. The highest BCUT2D eigenvalue weighted by molar-refractivity contribution is 5.95. The molecular formula is C23H24F3N5O3. The van der Waals surface area contributed by atoms with Gasteiger partial charge < -0.3 is 20.8 Å². The van der Waals surface area contributed by atoms with Gasteiger partial charge in [0, 0.05) is 36.8 Å². The van der Waals surface area contributed by atoms with Crippen LogP contribution in [-0.2, 0) is 6.42 Å². The van der Waals surface area contributed by atoms with Gasteiger partial charge in [0.1, 0.15) is 23.6 Å². The van der Waals surface area contributed by atoms with Crippen LogP contribution in [0.5, 0.6) is 0 Å². The molecule has 0 saturated heterocycles. The van der Waals surface area contributed by atoms with E-state index in [2.05, 4.69) is 25.8 Å². The third kappa shape index (κ3) is 6.96. The molecule has 8 nitrogen and oxygen atoms in total. The number of benzene rings is 1. The van der Waals surface area contributed by atoms with Gasteiger partial charge in [-0.05, 0) is 48.9 Å². The molecule has 3 rings (SSSR count). The minimum Gasteiger partial charge on any atom is -0.394 e. The Bertz CT molecular complexity index is 1100. The van der Waals surface area contributed by atoms with Crippen LogP contribution in [0.15, 0.2) is 48.7 Å². The van der Waals surface area contributed by atoms with Crippen molar-refractivity contribution >= 4 is 11.7 Å². The standard InChI is InChI=1S/C23H24F3N5O3/c24-15(11-21-19(26)2-1-8-27-21)7-9-28-22-6-5-20(30-31-22)17-10-14(3-4-18(17)25)23(34)29-12-16(33)13-32/h1-6,8,10,15-16,32-33H,7,9,11-13H2,(H,28,31)(H,29,34)/t15-,16-/m0/s1. The summed E-state index contributed by atoms with van der Waals surface area (Å²) < 4.78 is 42.0. The first-order valence-corrected chi connectivity index (χ1v) is 10.6. The Hall–Kier alpha value is -3.57. The summed E-state index contributed by atoms with van der Waals surface area (Å²) in [6.07, 6.45) is -1.03. The molecule has 2 heterocycles. The fourth-order valence-corrected chi connectivity index (χ4v) is 3.05. The molecule has 0 unspecified atom stereocenters. The van der Waals surface area contributed by atoms with Gasteiger partial charge in [0.05, 0.1) is 24.1 Å². The van der Waals surface area contributed by atoms with E-state index >= 15 is 0 Å². The van der Waals surface area contributed by atoms with Crippen molar-refractivity contribution in [1.82, 2.24) is 20.5 Å². The monoisotopic (exact) mass is 475 g/mol. The van der Waals surface area contributed by atoms with Crippen LogP contribution in [-0.4, -0.2) is 63.3 Å². The van der Waals surface area contributed by atoms with E-state index < -0.39 is 36.4 Å². The Kier molecular flexibility index (Phi) is 8.88. The van der Waals surface area contributed by atoms with Crippen molar-refractivity contribution in [2.75, 3.05) is 25.0 Å². The number of hydrogen-bond donors (Lipinski definition) is 4. The first-order chi connectivity index (χ1) is 16.4. The van der Waals surface area contributed by atoms with Crippen molar-refractivity contribution in [2.45, 2.75) is 25.1 Å². The molecule has 0 aliphatic rings. The van der Waals surface area contributed by atoms with Crippen LogP contribution >= 0.6 is 0 Å². The molecule has 0 spiro atoms. The van der Waals surface area contributed by atoms with E-state index in [9.17, 15) is 23.1 Å². The van der Waals surface area contributed by atoms with Crippen LogP contribution in [0.2, 0.25) is 0 Å². The summed E-state index contributed by atoms with van der Waals surface area (Å²) in [5.41, 5.74) is 0.447. The van der Waals surface area contributed by atoms with Crippen LogP contribution in [0.3, 0.4) is 0 Å². The molecule has 1 aromatic carbocycles. The second-order valence-electron chi connectivity index (χ2n) is 7.49. The number of aliphatic hydroxyl groups excluding tert-OH is 2. The quantitative estimate of drug-likeness (QED) is 0.336. The van der Waals surface area contributed by atoms with Crippen LogP contribution < -0.4 is 10.6 Å². The fraction of sp³-hybridized carbons (Fsp3) is 0.304. The van der Waals surface area contributed by atoms with E-state index in [4.69, 9.17) is 5.11 Å². The number of nitrogens with one attached hydrogen (secondary N) is 2. The summed E-state index contributed by atoms with van der Waals surface area (Å²) in [5, 5.41) is 31.4. The number of nitrogens with zero attached hydrogens (tertiary/aromatic N) is 3. The van der Waals surface area contributed by atoms with Gasteiger partial charge in [-0.2, -0.15) is 0 Å². The van der Waals surface area contributed by atoms with E-state index in [1.165, 1.54) is 42.6 Å². The Morgan fingerprint density at radius 2 is 1.91 bits per heavy atom. The molecule has 11 heteroatoms. The third-order valence-electron chi connectivity index (χ3n) is 4.89. The Labute approximate surface area is 193 Å². The van der Waals surface area contributed by atoms with Crippen LogP contribution in [0.25, 0.3) is 11.3 Å². The summed E-state index contributed by atoms with van der Waals surface area (Å²) in [4.78, 5) is 16.0. The summed E-state index contributed by atoms with van der Waals surface area (Å²) in [7, 11) is 0. The summed E-state index contributed by atoms with van der Waals surface area (Å²) in [6.45, 7) is -0.439. The summed E-state index contributed by atoms with van der Waals surface area (Å²) in [6, 6.07) is 9.42. The highest BCUT2D eigenvalue weighted by Crippen LogP contribution is 2.22. The number of alkyl halides is 1. The lowest BCUT2D eigenvalue weighted by atomic mass is 10.1. The maximum atomic E-state index is 14.3. The van der Waals surface area contributed by atoms with Crippen LogP contribution in [0, 0.1) is 11.6 Å². The second kappa shape index (κ2) is 12.1. The van der Waals surface area contributed by atoms with Crippen molar-refractivity contribution in [1.29, 1.82) is 0 Å². The zero-order valence-electron chi connectivity index (χ0n) is 18.1. The lowest BCUT2D eigenvalue weighted by Crippen LogP contribution is -2.33. The fourth-order valence-electron chi connectivity index (χ4n) is 3.05. The highest BCUT2D eigenvalue weighted by Gasteiger charge is 2.15. The van der Waals surface area contributed by atoms with Crippen molar-refractivity contribution in [2.24, 2.45) is 0 Å². The highest BCUT2D eigenvalue weighted by atomic mass is 19.1. The average molecular weight is 475 g/mol. The number of carbonyl (C=O) groups is 1. The SMILES string of the molecule is O=C(NC[C@H](O)CO)c1ccc(F)c(-c2ccc(NCC[C@H](F)Cc3ncccc3F)nn2)c1. The molecule has 34 heavy (non-hydrogen) atoms. The molecule has 0 radical (unpaired) electrons. The predicted molar refractivity (Wildman–Crippen MR) is 119 cm³/mol. The second-order valence-corrected chi connectivity index (χ2v) is 7.49. The number of rotatable bonds is 11. The predicted octanol–water partition coefficient (Wildman–Crippen LogP) is 2.28. The zero-order chi connectivity index (χ0) is 24.5. The summed E-state index contributed by atoms with van der Waals surface area (Å²) >= 11 is 0. The molecule has 0 aliphatic heterocycles. The van der Waals surface area contributed by atoms with Gasteiger partial charge in [0.2, 0.25) is 0 Å². The molecule has 0 fully saturated rings. The van der Waals surface area contributed by atoms with Crippen molar-refractivity contribution in [3.63, 3.8) is 0 Å². The van der Waals surface area contributed by atoms with Gasteiger partial charge in [-0.15, -0.1) is 10.2 Å². The molecule has 0 bridgehead atoms. The van der Waals surface area contributed by atoms with Gasteiger partial charge in [-0.1, -0.05) is 0 Å². The van der Waals surface area contributed by atoms with E-state index in [1.54, 1.807) is 0 Å². The zero-order valence-corrected chi connectivity index (χ0v) is 18.1. The minimum atomic E-state index is -1.30. The molecule has 1 amide bonds.